The lowest BCUT2D eigenvalue weighted by atomic mass is 10.1. The molecule has 1 saturated heterocycles. The quantitative estimate of drug-likeness (QED) is 0.828. The Balaban J connectivity index is 2.24. The molecule has 0 spiro atoms. The Morgan fingerprint density at radius 2 is 2.04 bits per heavy atom. The van der Waals surface area contributed by atoms with E-state index in [1.54, 1.807) is 12.2 Å². The van der Waals surface area contributed by atoms with Crippen molar-refractivity contribution < 1.29 is 26.4 Å². The van der Waals surface area contributed by atoms with Crippen LogP contribution < -0.4 is 10.6 Å². The van der Waals surface area contributed by atoms with E-state index >= 15 is 0 Å². The lowest BCUT2D eigenvalue weighted by Gasteiger charge is -2.37. The van der Waals surface area contributed by atoms with Gasteiger partial charge in [0.15, 0.2) is 0 Å². The van der Waals surface area contributed by atoms with Gasteiger partial charge in [0.1, 0.15) is 6.54 Å². The zero-order valence-corrected chi connectivity index (χ0v) is 14.6. The van der Waals surface area contributed by atoms with E-state index in [2.05, 4.69) is 5.32 Å². The Bertz CT molecular complexity index is 737. The van der Waals surface area contributed by atoms with Gasteiger partial charge in [0.2, 0.25) is 10.0 Å². The first-order valence-corrected chi connectivity index (χ1v) is 9.16. The van der Waals surface area contributed by atoms with Crippen LogP contribution in [0.25, 0.3) is 0 Å². The summed E-state index contributed by atoms with van der Waals surface area (Å²) in [5, 5.41) is 4.90. The lowest BCUT2D eigenvalue weighted by Crippen LogP contribution is -2.57. The highest BCUT2D eigenvalue weighted by Crippen LogP contribution is 2.22. The van der Waals surface area contributed by atoms with Crippen molar-refractivity contribution in [2.24, 2.45) is 0 Å². The number of rotatable bonds is 4. The molecule has 2 N–H and O–H groups in total. The molecule has 0 saturated carbocycles. The summed E-state index contributed by atoms with van der Waals surface area (Å²) in [4.78, 5) is 11.7. The molecule has 1 aliphatic rings. The van der Waals surface area contributed by atoms with Crippen molar-refractivity contribution in [1.82, 2.24) is 14.9 Å². The van der Waals surface area contributed by atoms with Gasteiger partial charge in [-0.25, -0.2) is 8.42 Å². The van der Waals surface area contributed by atoms with E-state index in [1.807, 2.05) is 6.92 Å². The van der Waals surface area contributed by atoms with Gasteiger partial charge in [0, 0.05) is 30.7 Å². The van der Waals surface area contributed by atoms with Gasteiger partial charge >= 0.3 is 6.18 Å². The van der Waals surface area contributed by atoms with Crippen molar-refractivity contribution in [3.05, 3.63) is 29.8 Å². The maximum Gasteiger partial charge on any atom is 0.405 e. The second kappa shape index (κ2) is 7.30. The van der Waals surface area contributed by atoms with Gasteiger partial charge in [-0.1, -0.05) is 6.07 Å². The van der Waals surface area contributed by atoms with Gasteiger partial charge in [0.25, 0.3) is 5.91 Å². The first-order valence-electron chi connectivity index (χ1n) is 7.72. The van der Waals surface area contributed by atoms with Gasteiger partial charge in [-0.2, -0.15) is 17.5 Å². The molecule has 10 heteroatoms. The van der Waals surface area contributed by atoms with Crippen molar-refractivity contribution in [3.8, 4) is 0 Å². The highest BCUT2D eigenvalue weighted by atomic mass is 32.2. The SMILES string of the molecule is CC1NCCN(S(=O)(=O)c2cccc(C(=O)NCC(F)(F)F)c2)C1C. The normalized spacial score (nSPS) is 22.6. The Morgan fingerprint density at radius 1 is 1.36 bits per heavy atom. The molecule has 1 amide bonds. The average Bonchev–Trinajstić information content (AvgIpc) is 2.54. The fourth-order valence-corrected chi connectivity index (χ4v) is 4.33. The van der Waals surface area contributed by atoms with Crippen molar-refractivity contribution >= 4 is 15.9 Å². The van der Waals surface area contributed by atoms with Crippen LogP contribution >= 0.6 is 0 Å². The minimum absolute atomic E-state index is 0.0400. The smallest absolute Gasteiger partial charge is 0.343 e. The summed E-state index contributed by atoms with van der Waals surface area (Å²) >= 11 is 0. The maximum atomic E-state index is 12.8. The van der Waals surface area contributed by atoms with Gasteiger partial charge in [-0.3, -0.25) is 4.79 Å². The number of sulfonamides is 1. The number of piperazine rings is 1. The zero-order chi connectivity index (χ0) is 18.8. The van der Waals surface area contributed by atoms with Crippen LogP contribution in [0.4, 0.5) is 13.2 Å². The topological polar surface area (TPSA) is 78.5 Å². The third-order valence-corrected chi connectivity index (χ3v) is 6.11. The lowest BCUT2D eigenvalue weighted by molar-refractivity contribution is -0.123. The van der Waals surface area contributed by atoms with E-state index in [9.17, 15) is 26.4 Å². The first-order chi connectivity index (χ1) is 11.5. The maximum absolute atomic E-state index is 12.8. The predicted molar refractivity (Wildman–Crippen MR) is 85.6 cm³/mol. The van der Waals surface area contributed by atoms with Crippen LogP contribution in [0.1, 0.15) is 24.2 Å². The molecule has 1 heterocycles. The molecule has 140 valence electrons. The number of alkyl halides is 3. The van der Waals surface area contributed by atoms with Crippen LogP contribution in [0.15, 0.2) is 29.2 Å². The molecule has 1 aliphatic heterocycles. The van der Waals surface area contributed by atoms with E-state index in [4.69, 9.17) is 0 Å². The largest absolute Gasteiger partial charge is 0.405 e. The molecule has 0 aliphatic carbocycles. The minimum atomic E-state index is -4.54. The molecule has 0 aromatic heterocycles. The fourth-order valence-electron chi connectivity index (χ4n) is 2.58. The van der Waals surface area contributed by atoms with E-state index in [0.717, 1.165) is 6.07 Å². The van der Waals surface area contributed by atoms with Crippen LogP contribution in [0.5, 0.6) is 0 Å². The summed E-state index contributed by atoms with van der Waals surface area (Å²) in [5.74, 6) is -0.976. The molecule has 1 aromatic carbocycles. The molecule has 1 aromatic rings. The average molecular weight is 379 g/mol. The molecule has 6 nitrogen and oxygen atoms in total. The zero-order valence-electron chi connectivity index (χ0n) is 13.8. The fraction of sp³-hybridized carbons (Fsp3) is 0.533. The Morgan fingerprint density at radius 3 is 2.68 bits per heavy atom. The van der Waals surface area contributed by atoms with Gasteiger partial charge in [-0.15, -0.1) is 0 Å². The third kappa shape index (κ3) is 4.71. The summed E-state index contributed by atoms with van der Waals surface area (Å²) in [5.41, 5.74) is -0.138. The van der Waals surface area contributed by atoms with Crippen LogP contribution in [0, 0.1) is 0 Å². The van der Waals surface area contributed by atoms with Gasteiger partial charge < -0.3 is 10.6 Å². The van der Waals surface area contributed by atoms with Crippen LogP contribution in [0.3, 0.4) is 0 Å². The van der Waals surface area contributed by atoms with E-state index < -0.39 is 28.7 Å². The van der Waals surface area contributed by atoms with Crippen molar-refractivity contribution in [3.63, 3.8) is 0 Å². The summed E-state index contributed by atoms with van der Waals surface area (Å²) in [6.07, 6.45) is -4.54. The molecule has 2 rings (SSSR count). The second-order valence-electron chi connectivity index (χ2n) is 5.92. The third-order valence-electron chi connectivity index (χ3n) is 4.13. The Hall–Kier alpha value is -1.65. The van der Waals surface area contributed by atoms with Crippen LogP contribution in [-0.2, 0) is 10.0 Å². The van der Waals surface area contributed by atoms with Crippen LogP contribution in [-0.4, -0.2) is 56.5 Å². The van der Waals surface area contributed by atoms with E-state index in [-0.39, 0.29) is 29.1 Å². The second-order valence-corrected chi connectivity index (χ2v) is 7.82. The molecular weight excluding hydrogens is 359 g/mol. The highest BCUT2D eigenvalue weighted by molar-refractivity contribution is 7.89. The summed E-state index contributed by atoms with van der Waals surface area (Å²) in [7, 11) is -3.85. The molecule has 1 fully saturated rings. The summed E-state index contributed by atoms with van der Waals surface area (Å²) < 4.78 is 63.6. The minimum Gasteiger partial charge on any atom is -0.343 e. The molecule has 2 unspecified atom stereocenters. The number of nitrogens with one attached hydrogen (secondary N) is 2. The molecule has 0 bridgehead atoms. The number of benzene rings is 1. The number of hydrogen-bond donors (Lipinski definition) is 2. The van der Waals surface area contributed by atoms with Gasteiger partial charge in [-0.05, 0) is 32.0 Å². The van der Waals surface area contributed by atoms with Crippen molar-refractivity contribution in [2.45, 2.75) is 37.0 Å². The number of amides is 1. The van der Waals surface area contributed by atoms with Crippen molar-refractivity contribution in [1.29, 1.82) is 0 Å². The van der Waals surface area contributed by atoms with E-state index in [0.29, 0.717) is 6.54 Å². The molecule has 2 atom stereocenters. The van der Waals surface area contributed by atoms with E-state index in [1.165, 1.54) is 22.5 Å². The highest BCUT2D eigenvalue weighted by Gasteiger charge is 2.34. The van der Waals surface area contributed by atoms with Crippen LogP contribution in [0.2, 0.25) is 0 Å². The molecular formula is C15H20F3N3O3S. The number of carbonyl (C=O) groups excluding carboxylic acids is 1. The number of nitrogens with zero attached hydrogens (tertiary/aromatic N) is 1. The number of halogens is 3. The Labute approximate surface area is 144 Å². The summed E-state index contributed by atoms with van der Waals surface area (Å²) in [6.45, 7) is 2.94. The number of hydrogen-bond acceptors (Lipinski definition) is 4. The summed E-state index contributed by atoms with van der Waals surface area (Å²) in [6, 6.07) is 4.71. The standard InChI is InChI=1S/C15H20F3N3O3S/c1-10-11(2)21(7-6-19-10)25(23,24)13-5-3-4-12(8-13)14(22)20-9-15(16,17)18/h3-5,8,10-11,19H,6-7,9H2,1-2H3,(H,20,22). The monoisotopic (exact) mass is 379 g/mol. The predicted octanol–water partition coefficient (Wildman–Crippen LogP) is 1.35. The number of carbonyl (C=O) groups is 1. The van der Waals surface area contributed by atoms with Gasteiger partial charge in [0.05, 0.1) is 4.90 Å². The molecule has 0 radical (unpaired) electrons. The first kappa shape index (κ1) is 19.7. The van der Waals surface area contributed by atoms with Crippen molar-refractivity contribution in [2.75, 3.05) is 19.6 Å². The Kier molecular flexibility index (Phi) is 5.75. The molecule has 25 heavy (non-hydrogen) atoms.